The molecule has 0 aliphatic heterocycles. The SMILES string of the molecule is C#[N+][Xe]F. The van der Waals surface area contributed by atoms with Crippen molar-refractivity contribution in [2.24, 2.45) is 0 Å². The summed E-state index contributed by atoms with van der Waals surface area (Å²) in [5.41, 5.74) is 0. The Labute approximate surface area is 51.1 Å². The second-order valence-corrected chi connectivity index (χ2v) is 1.01. The Balaban J connectivity index is 2.43. The summed E-state index contributed by atoms with van der Waals surface area (Å²) >= 11 is -1.36. The summed E-state index contributed by atoms with van der Waals surface area (Å²) in [6, 6.07) is 0. The van der Waals surface area contributed by atoms with Gasteiger partial charge in [-0.1, -0.05) is 0 Å². The van der Waals surface area contributed by atoms with Crippen molar-refractivity contribution in [3.8, 4) is 6.57 Å². The molecule has 0 aliphatic carbocycles. The van der Waals surface area contributed by atoms with Gasteiger partial charge in [0.25, 0.3) is 0 Å². The van der Waals surface area contributed by atoms with E-state index in [1.165, 1.54) is 0 Å². The molecule has 0 aliphatic rings. The molecular formula is CHFNXe+. The van der Waals surface area contributed by atoms with Crippen LogP contribution in [0.4, 0.5) is 0.0835 Å². The standard InChI is InChI=1S/CHFNXe/c1-3-4-2/h1H/q+1. The molecule has 3 heteroatoms. The fourth-order valence-electron chi connectivity index (χ4n) is 0. The quantitative estimate of drug-likeness (QED) is 0.516. The van der Waals surface area contributed by atoms with Gasteiger partial charge >= 0.3 is 52.1 Å². The summed E-state index contributed by atoms with van der Waals surface area (Å²) in [6.07, 6.45) is 0. The summed E-state index contributed by atoms with van der Waals surface area (Å²) < 4.78 is 13.2. The summed E-state index contributed by atoms with van der Waals surface area (Å²) in [7, 11) is 0. The zero-order valence-electron chi connectivity index (χ0n) is 1.76. The van der Waals surface area contributed by atoms with Gasteiger partial charge in [-0.15, -0.1) is 0 Å². The molecule has 0 aromatic carbocycles. The zero-order chi connectivity index (χ0) is 3.41. The van der Waals surface area contributed by atoms with Crippen molar-refractivity contribution in [3.63, 3.8) is 0 Å². The molecule has 4 heavy (non-hydrogen) atoms. The van der Waals surface area contributed by atoms with Gasteiger partial charge in [0, 0.05) is 0 Å². The molecule has 0 aromatic rings. The summed E-state index contributed by atoms with van der Waals surface area (Å²) in [5.74, 6) is 0. The molecule has 0 atom stereocenters. The van der Waals surface area contributed by atoms with Crippen LogP contribution < -0.4 is 0 Å². The van der Waals surface area contributed by atoms with E-state index >= 15 is 0 Å². The first-order valence-electron chi connectivity index (χ1n) is 0.550. The molecule has 24 valence electrons. The minimum absolute atomic E-state index is 1.36. The van der Waals surface area contributed by atoms with Crippen molar-refractivity contribution >= 4 is 0 Å². The van der Waals surface area contributed by atoms with E-state index in [1.807, 2.05) is 0 Å². The molecule has 1 nitrogen and oxygen atoms in total. The first-order chi connectivity index (χ1) is 1.91. The van der Waals surface area contributed by atoms with Crippen LogP contribution in [-0.4, -0.2) is 0 Å². The Bertz CT molecular complexity index is 37.8. The van der Waals surface area contributed by atoms with Gasteiger partial charge in [0.05, 0.1) is 0 Å². The summed E-state index contributed by atoms with van der Waals surface area (Å²) in [5, 5.41) is 0. The van der Waals surface area contributed by atoms with E-state index in [2.05, 4.69) is 6.43 Å². The number of hydrogen-bond donors (Lipinski definition) is 0. The summed E-state index contributed by atoms with van der Waals surface area (Å²) in [6.45, 7) is 4.32. The molecule has 0 amide bonds. The third kappa shape index (κ3) is 2.99. The van der Waals surface area contributed by atoms with E-state index in [-0.39, 0.29) is 0 Å². The topological polar surface area (TPSA) is 4.36 Å². The van der Waals surface area contributed by atoms with Gasteiger partial charge < -0.3 is 0 Å². The van der Waals surface area contributed by atoms with Gasteiger partial charge in [0.2, 0.25) is 0 Å². The van der Waals surface area contributed by atoms with Gasteiger partial charge in [-0.05, 0) is 0 Å². The fourth-order valence-corrected chi connectivity index (χ4v) is 0. The molecule has 0 saturated carbocycles. The van der Waals surface area contributed by atoms with Gasteiger partial charge in [0.15, 0.2) is 0 Å². The average molecular weight is 177 g/mol. The molecule has 0 unspecified atom stereocenters. The molecule has 0 bridgehead atoms. The second-order valence-electron chi connectivity index (χ2n) is 0.151. The second kappa shape index (κ2) is 3.99. The summed E-state index contributed by atoms with van der Waals surface area (Å²) in [4.78, 5) is 0. The maximum atomic E-state index is 10.5. The predicted octanol–water partition coefficient (Wildman–Crippen LogP) is 0.834. The number of rotatable bonds is 0. The number of halogens is 1. The van der Waals surface area contributed by atoms with Crippen LogP contribution in [0.1, 0.15) is 0 Å². The molecule has 0 saturated heterocycles. The van der Waals surface area contributed by atoms with Crippen molar-refractivity contribution in [2.45, 2.75) is 0 Å². The van der Waals surface area contributed by atoms with E-state index < -0.39 is 45.5 Å². The third-order valence-electron chi connectivity index (χ3n) is 0.0345. The minimum atomic E-state index is -1.36. The van der Waals surface area contributed by atoms with E-state index in [1.54, 1.807) is 0 Å². The van der Waals surface area contributed by atoms with E-state index in [0.717, 1.165) is 0 Å². The predicted molar refractivity (Wildman–Crippen MR) is 9.41 cm³/mol. The Hall–Kier alpha value is 0.991. The molecule has 0 radical (unpaired) electrons. The number of nitrogens with zero attached hydrogens (tertiary/aromatic N) is 1. The zero-order valence-corrected chi connectivity index (χ0v) is 3.77. The van der Waals surface area contributed by atoms with E-state index in [0.29, 0.717) is 0 Å². The van der Waals surface area contributed by atoms with Gasteiger partial charge in [-0.25, -0.2) is 0 Å². The molecule has 0 heterocycles. The number of hydrogen-bond acceptors (Lipinski definition) is 0. The van der Waals surface area contributed by atoms with Crippen LogP contribution in [0.5, 0.6) is 0 Å². The molecule has 0 N–H and O–H groups in total. The average Bonchev–Trinajstić information content (AvgIpc) is 1.37. The molecular weight excluding hydrogens is 176 g/mol. The van der Waals surface area contributed by atoms with Crippen LogP contribution in [0.15, 0.2) is 0 Å². The van der Waals surface area contributed by atoms with Crippen molar-refractivity contribution in [1.82, 2.24) is 0 Å². The fraction of sp³-hybridized carbons (Fsp3) is 0. The van der Waals surface area contributed by atoms with Crippen LogP contribution >= 0.6 is 0 Å². The van der Waals surface area contributed by atoms with Gasteiger partial charge in [-0.2, -0.15) is 0 Å². The van der Waals surface area contributed by atoms with Crippen LogP contribution in [-0.2, 0) is 0 Å². The third-order valence-corrected chi connectivity index (χ3v) is 0.231. The first-order valence-corrected chi connectivity index (χ1v) is 2.22. The molecule has 0 aromatic heterocycles. The Kier molecular flexibility index (Phi) is 4.98. The van der Waals surface area contributed by atoms with Crippen molar-refractivity contribution < 1.29 is 45.6 Å². The Morgan fingerprint density at radius 2 is 2.25 bits per heavy atom. The molecule has 0 spiro atoms. The Morgan fingerprint density at radius 3 is 2.25 bits per heavy atom. The normalized spacial score (nSPS) is 6.00. The van der Waals surface area contributed by atoms with Crippen LogP contribution in [0.3, 0.4) is 0 Å². The van der Waals surface area contributed by atoms with Crippen LogP contribution in [0.2, 0.25) is 0 Å². The van der Waals surface area contributed by atoms with Gasteiger partial charge in [-0.3, -0.25) is 0 Å². The van der Waals surface area contributed by atoms with E-state index in [4.69, 9.17) is 0 Å². The van der Waals surface area contributed by atoms with Crippen LogP contribution in [0.25, 0.3) is -0.143 Å². The molecule has 0 fully saturated rings. The van der Waals surface area contributed by atoms with Crippen LogP contribution in [0, 0.1) is 52.1 Å². The van der Waals surface area contributed by atoms with Crippen molar-refractivity contribution in [2.75, 3.05) is 0 Å². The maximum absolute atomic E-state index is 10.5. The monoisotopic (exact) mass is 178 g/mol. The van der Waals surface area contributed by atoms with Crippen molar-refractivity contribution in [3.05, 3.63) is -0.143 Å². The first kappa shape index (κ1) is 4.99. The van der Waals surface area contributed by atoms with Crippen molar-refractivity contribution in [1.29, 1.82) is 0 Å². The van der Waals surface area contributed by atoms with E-state index in [9.17, 15) is 0.0835 Å². The van der Waals surface area contributed by atoms with Gasteiger partial charge in [0.1, 0.15) is 0 Å². The molecule has 0 rings (SSSR count). The Morgan fingerprint density at radius 1 is 2.00 bits per heavy atom.